The number of aliphatic carboxylic acids is 1. The second-order valence-corrected chi connectivity index (χ2v) is 4.22. The first-order valence-electron chi connectivity index (χ1n) is 4.70. The Kier molecular flexibility index (Phi) is 2.31. The molecular weight excluding hydrogens is 212 g/mol. The lowest BCUT2D eigenvalue weighted by Crippen LogP contribution is -2.30. The summed E-state index contributed by atoms with van der Waals surface area (Å²) in [6.45, 7) is 3.60. The van der Waals surface area contributed by atoms with Crippen molar-refractivity contribution in [1.29, 1.82) is 0 Å². The van der Waals surface area contributed by atoms with Gasteiger partial charge in [-0.15, -0.1) is 18.2 Å². The van der Waals surface area contributed by atoms with Crippen molar-refractivity contribution in [2.75, 3.05) is 0 Å². The van der Waals surface area contributed by atoms with E-state index in [1.807, 2.05) is 24.3 Å². The van der Waals surface area contributed by atoms with Crippen molar-refractivity contribution >= 4 is 17.6 Å². The van der Waals surface area contributed by atoms with Crippen molar-refractivity contribution in [3.05, 3.63) is 48.0 Å². The van der Waals surface area contributed by atoms with Gasteiger partial charge in [0, 0.05) is 0 Å². The maximum Gasteiger partial charge on any atom is 0.315 e. The lowest BCUT2D eigenvalue weighted by atomic mass is 9.85. The van der Waals surface area contributed by atoms with Crippen molar-refractivity contribution < 1.29 is 9.90 Å². The number of carboxylic acids is 1. The number of hydrogen-bond acceptors (Lipinski definition) is 1. The first kappa shape index (κ1) is 10.2. The molecule has 1 aliphatic rings. The fraction of sp³-hybridized carbons (Fsp3) is 0.250. The van der Waals surface area contributed by atoms with Crippen molar-refractivity contribution in [2.45, 2.75) is 11.8 Å². The lowest BCUT2D eigenvalue weighted by Gasteiger charge is -2.23. The predicted molar refractivity (Wildman–Crippen MR) is 59.0 cm³/mol. The number of rotatable bonds is 2. The quantitative estimate of drug-likeness (QED) is 0.617. The molecule has 0 amide bonds. The van der Waals surface area contributed by atoms with Gasteiger partial charge in [-0.25, -0.2) is 0 Å². The fourth-order valence-electron chi connectivity index (χ4n) is 2.07. The lowest BCUT2D eigenvalue weighted by molar-refractivity contribution is -0.145. The third-order valence-corrected chi connectivity index (χ3v) is 3.65. The van der Waals surface area contributed by atoms with Crippen molar-refractivity contribution in [3.8, 4) is 0 Å². The second-order valence-electron chi connectivity index (χ2n) is 3.79. The number of carbonyl (C=O) groups is 1. The van der Waals surface area contributed by atoms with Crippen LogP contribution in [0.4, 0.5) is 0 Å². The molecule has 0 saturated heterocycles. The first-order chi connectivity index (χ1) is 7.12. The molecule has 0 radical (unpaired) electrons. The van der Waals surface area contributed by atoms with Crippen molar-refractivity contribution in [3.63, 3.8) is 0 Å². The Morgan fingerprint density at radius 2 is 2.27 bits per heavy atom. The SMILES string of the molecule is C=CC1(C(=O)O)Cc2ccccc2C1Cl. The summed E-state index contributed by atoms with van der Waals surface area (Å²) in [4.78, 5) is 11.3. The Morgan fingerprint density at radius 1 is 1.60 bits per heavy atom. The van der Waals surface area contributed by atoms with Gasteiger partial charge in [0.05, 0.1) is 5.38 Å². The highest BCUT2D eigenvalue weighted by atomic mass is 35.5. The van der Waals surface area contributed by atoms with Gasteiger partial charge in [-0.3, -0.25) is 4.79 Å². The van der Waals surface area contributed by atoms with Crippen molar-refractivity contribution in [1.82, 2.24) is 0 Å². The molecule has 0 saturated carbocycles. The van der Waals surface area contributed by atoms with E-state index >= 15 is 0 Å². The highest BCUT2D eigenvalue weighted by Crippen LogP contribution is 2.50. The summed E-state index contributed by atoms with van der Waals surface area (Å²) in [5.74, 6) is -0.909. The zero-order chi connectivity index (χ0) is 11.1. The van der Waals surface area contributed by atoms with Crippen LogP contribution in [-0.4, -0.2) is 11.1 Å². The van der Waals surface area contributed by atoms with Crippen LogP contribution in [0.25, 0.3) is 0 Å². The van der Waals surface area contributed by atoms with E-state index in [9.17, 15) is 9.90 Å². The van der Waals surface area contributed by atoms with Gasteiger partial charge in [0.15, 0.2) is 0 Å². The van der Waals surface area contributed by atoms with Gasteiger partial charge in [0.25, 0.3) is 0 Å². The van der Waals surface area contributed by atoms with E-state index in [-0.39, 0.29) is 0 Å². The minimum absolute atomic E-state index is 0.427. The van der Waals surface area contributed by atoms with E-state index in [1.54, 1.807) is 0 Å². The minimum Gasteiger partial charge on any atom is -0.481 e. The Labute approximate surface area is 93.2 Å². The Morgan fingerprint density at radius 3 is 2.80 bits per heavy atom. The molecule has 1 N–H and O–H groups in total. The summed E-state index contributed by atoms with van der Waals surface area (Å²) in [6, 6.07) is 7.55. The molecule has 1 aliphatic carbocycles. The molecule has 0 aromatic heterocycles. The maximum absolute atomic E-state index is 11.3. The highest BCUT2D eigenvalue weighted by Gasteiger charge is 2.48. The monoisotopic (exact) mass is 222 g/mol. The minimum atomic E-state index is -1.05. The van der Waals surface area contributed by atoms with Crippen LogP contribution in [0.3, 0.4) is 0 Å². The molecule has 1 aromatic carbocycles. The van der Waals surface area contributed by atoms with E-state index in [0.29, 0.717) is 6.42 Å². The molecule has 78 valence electrons. The molecular formula is C12H11ClO2. The number of halogens is 1. The molecule has 2 unspecified atom stereocenters. The van der Waals surface area contributed by atoms with Crippen molar-refractivity contribution in [2.24, 2.45) is 5.41 Å². The summed E-state index contributed by atoms with van der Waals surface area (Å²) in [5.41, 5.74) is 0.854. The van der Waals surface area contributed by atoms with E-state index in [0.717, 1.165) is 11.1 Å². The molecule has 0 heterocycles. The summed E-state index contributed by atoms with van der Waals surface area (Å²) < 4.78 is 0. The van der Waals surface area contributed by atoms with Gasteiger partial charge in [0.1, 0.15) is 5.41 Å². The second kappa shape index (κ2) is 3.38. The number of fused-ring (bicyclic) bond motifs is 1. The molecule has 0 aliphatic heterocycles. The Bertz CT molecular complexity index is 427. The van der Waals surface area contributed by atoms with Gasteiger partial charge >= 0.3 is 5.97 Å². The zero-order valence-electron chi connectivity index (χ0n) is 8.11. The molecule has 2 rings (SSSR count). The van der Waals surface area contributed by atoms with Crippen LogP contribution in [0, 0.1) is 5.41 Å². The van der Waals surface area contributed by atoms with Crippen LogP contribution in [0.5, 0.6) is 0 Å². The average molecular weight is 223 g/mol. The van der Waals surface area contributed by atoms with E-state index in [2.05, 4.69) is 6.58 Å². The number of hydrogen-bond donors (Lipinski definition) is 1. The Hall–Kier alpha value is -1.28. The molecule has 2 nitrogen and oxygen atoms in total. The van der Waals surface area contributed by atoms with Crippen LogP contribution >= 0.6 is 11.6 Å². The number of benzene rings is 1. The molecule has 3 heteroatoms. The largest absolute Gasteiger partial charge is 0.481 e. The van der Waals surface area contributed by atoms with E-state index in [1.165, 1.54) is 6.08 Å². The smallest absolute Gasteiger partial charge is 0.315 e. The van der Waals surface area contributed by atoms with Crippen LogP contribution < -0.4 is 0 Å². The molecule has 0 fully saturated rings. The van der Waals surface area contributed by atoms with Crippen LogP contribution in [0.1, 0.15) is 16.5 Å². The third kappa shape index (κ3) is 1.29. The van der Waals surface area contributed by atoms with Gasteiger partial charge in [0.2, 0.25) is 0 Å². The summed E-state index contributed by atoms with van der Waals surface area (Å²) in [5, 5.41) is 8.73. The standard InChI is InChI=1S/C12H11ClO2/c1-2-12(11(14)15)7-8-5-3-4-6-9(8)10(12)13/h2-6,10H,1,7H2,(H,14,15). The average Bonchev–Trinajstić information content (AvgIpc) is 2.53. The zero-order valence-corrected chi connectivity index (χ0v) is 8.87. The summed E-state index contributed by atoms with van der Waals surface area (Å²) in [7, 11) is 0. The fourth-order valence-corrected chi connectivity index (χ4v) is 2.54. The normalized spacial score (nSPS) is 28.5. The van der Waals surface area contributed by atoms with Gasteiger partial charge in [-0.1, -0.05) is 30.3 Å². The number of alkyl halides is 1. The third-order valence-electron chi connectivity index (χ3n) is 3.03. The van der Waals surface area contributed by atoms with Gasteiger partial charge in [-0.2, -0.15) is 0 Å². The van der Waals surface area contributed by atoms with Gasteiger partial charge in [-0.05, 0) is 17.5 Å². The molecule has 15 heavy (non-hydrogen) atoms. The maximum atomic E-state index is 11.3. The molecule has 0 spiro atoms. The molecule has 1 aromatic rings. The molecule has 2 atom stereocenters. The van der Waals surface area contributed by atoms with Gasteiger partial charge < -0.3 is 5.11 Å². The topological polar surface area (TPSA) is 37.3 Å². The summed E-state index contributed by atoms with van der Waals surface area (Å²) >= 11 is 6.21. The first-order valence-corrected chi connectivity index (χ1v) is 5.14. The van der Waals surface area contributed by atoms with Crippen LogP contribution in [0.2, 0.25) is 0 Å². The molecule has 0 bridgehead atoms. The number of carboxylic acid groups (broad SMARTS) is 1. The van der Waals surface area contributed by atoms with Crippen LogP contribution in [0.15, 0.2) is 36.9 Å². The van der Waals surface area contributed by atoms with Crippen LogP contribution in [-0.2, 0) is 11.2 Å². The summed E-state index contributed by atoms with van der Waals surface area (Å²) in [6.07, 6.45) is 1.88. The van der Waals surface area contributed by atoms with E-state index < -0.39 is 16.8 Å². The predicted octanol–water partition coefficient (Wildman–Crippen LogP) is 2.78. The van der Waals surface area contributed by atoms with E-state index in [4.69, 9.17) is 11.6 Å². The highest BCUT2D eigenvalue weighted by molar-refractivity contribution is 6.23. The Balaban J connectivity index is 2.53.